The Balaban J connectivity index is 1.63. The SMILES string of the molecule is O=C(OCC(=O)N1CCOC1=O)c1nn(Cc2ccccc2)c(=O)c2ccccc12. The fourth-order valence-corrected chi connectivity index (χ4v) is 3.14. The first kappa shape index (κ1) is 19.3. The maximum atomic E-state index is 12.8. The van der Waals surface area contributed by atoms with E-state index in [0.717, 1.165) is 10.5 Å². The van der Waals surface area contributed by atoms with Crippen molar-refractivity contribution in [2.75, 3.05) is 19.8 Å². The monoisotopic (exact) mass is 407 g/mol. The van der Waals surface area contributed by atoms with Gasteiger partial charge in [0.2, 0.25) is 0 Å². The molecule has 2 aromatic carbocycles. The van der Waals surface area contributed by atoms with E-state index in [9.17, 15) is 19.2 Å². The molecule has 4 rings (SSSR count). The second-order valence-electron chi connectivity index (χ2n) is 6.58. The molecule has 2 heterocycles. The Hall–Kier alpha value is -4.01. The second-order valence-corrected chi connectivity index (χ2v) is 6.58. The molecule has 3 aromatic rings. The van der Waals surface area contributed by atoms with Crippen molar-refractivity contribution in [2.45, 2.75) is 6.54 Å². The first-order valence-electron chi connectivity index (χ1n) is 9.22. The van der Waals surface area contributed by atoms with Gasteiger partial charge in [0.1, 0.15) is 6.61 Å². The molecule has 1 fully saturated rings. The van der Waals surface area contributed by atoms with Crippen molar-refractivity contribution in [3.63, 3.8) is 0 Å². The number of ether oxygens (including phenoxy) is 2. The average molecular weight is 407 g/mol. The number of fused-ring (bicyclic) bond motifs is 1. The Morgan fingerprint density at radius 1 is 1.00 bits per heavy atom. The summed E-state index contributed by atoms with van der Waals surface area (Å²) < 4.78 is 11.0. The van der Waals surface area contributed by atoms with Crippen LogP contribution in [0.25, 0.3) is 10.8 Å². The summed E-state index contributed by atoms with van der Waals surface area (Å²) in [7, 11) is 0. The number of amides is 2. The van der Waals surface area contributed by atoms with Gasteiger partial charge in [0.05, 0.1) is 18.5 Å². The predicted octanol–water partition coefficient (Wildman–Crippen LogP) is 1.58. The molecule has 30 heavy (non-hydrogen) atoms. The number of nitrogens with zero attached hydrogens (tertiary/aromatic N) is 3. The van der Waals surface area contributed by atoms with E-state index in [0.29, 0.717) is 10.8 Å². The third-order valence-corrected chi connectivity index (χ3v) is 4.62. The van der Waals surface area contributed by atoms with Gasteiger partial charge in [0.25, 0.3) is 11.5 Å². The lowest BCUT2D eigenvalue weighted by Gasteiger charge is -2.13. The van der Waals surface area contributed by atoms with Crippen molar-refractivity contribution in [1.29, 1.82) is 0 Å². The van der Waals surface area contributed by atoms with E-state index in [1.165, 1.54) is 4.68 Å². The largest absolute Gasteiger partial charge is 0.451 e. The molecule has 1 aliphatic rings. The number of rotatable bonds is 5. The van der Waals surface area contributed by atoms with Gasteiger partial charge in [0, 0.05) is 5.39 Å². The minimum Gasteiger partial charge on any atom is -0.451 e. The van der Waals surface area contributed by atoms with E-state index in [4.69, 9.17) is 9.47 Å². The number of hydrogen-bond donors (Lipinski definition) is 0. The Morgan fingerprint density at radius 2 is 1.70 bits per heavy atom. The van der Waals surface area contributed by atoms with Crippen molar-refractivity contribution in [2.24, 2.45) is 0 Å². The predicted molar refractivity (Wildman–Crippen MR) is 105 cm³/mol. The second kappa shape index (κ2) is 8.16. The normalized spacial score (nSPS) is 13.3. The standard InChI is InChI=1S/C21H17N3O6/c25-17(23-10-11-29-21(23)28)13-30-20(27)18-15-8-4-5-9-16(15)19(26)24(22-18)12-14-6-2-1-3-7-14/h1-9H,10-13H2. The molecule has 0 radical (unpaired) electrons. The molecule has 0 N–H and O–H groups in total. The summed E-state index contributed by atoms with van der Waals surface area (Å²) in [6.07, 6.45) is -0.768. The van der Waals surface area contributed by atoms with E-state index in [-0.39, 0.29) is 30.9 Å². The number of imide groups is 1. The van der Waals surface area contributed by atoms with E-state index < -0.39 is 24.6 Å². The van der Waals surface area contributed by atoms with Gasteiger partial charge in [-0.3, -0.25) is 9.59 Å². The van der Waals surface area contributed by atoms with Crippen LogP contribution in [0.4, 0.5) is 4.79 Å². The van der Waals surface area contributed by atoms with Crippen LogP contribution in [0.3, 0.4) is 0 Å². The molecule has 0 saturated carbocycles. The van der Waals surface area contributed by atoms with Crippen LogP contribution in [0.15, 0.2) is 59.4 Å². The highest BCUT2D eigenvalue weighted by molar-refractivity contribution is 6.03. The third kappa shape index (κ3) is 3.77. The average Bonchev–Trinajstić information content (AvgIpc) is 3.20. The number of aromatic nitrogens is 2. The molecular formula is C21H17N3O6. The molecule has 1 aromatic heterocycles. The van der Waals surface area contributed by atoms with Gasteiger partial charge in [-0.15, -0.1) is 0 Å². The van der Waals surface area contributed by atoms with Gasteiger partial charge in [0.15, 0.2) is 12.3 Å². The fourth-order valence-electron chi connectivity index (χ4n) is 3.14. The molecule has 1 aliphatic heterocycles. The molecule has 0 spiro atoms. The quantitative estimate of drug-likeness (QED) is 0.591. The first-order valence-corrected chi connectivity index (χ1v) is 9.22. The van der Waals surface area contributed by atoms with Crippen molar-refractivity contribution < 1.29 is 23.9 Å². The van der Waals surface area contributed by atoms with Gasteiger partial charge in [-0.05, 0) is 11.6 Å². The van der Waals surface area contributed by atoms with Gasteiger partial charge >= 0.3 is 12.1 Å². The van der Waals surface area contributed by atoms with Crippen molar-refractivity contribution in [3.05, 3.63) is 76.2 Å². The maximum Gasteiger partial charge on any atom is 0.416 e. The zero-order valence-corrected chi connectivity index (χ0v) is 15.8. The Labute approximate surface area is 170 Å². The van der Waals surface area contributed by atoms with E-state index in [1.54, 1.807) is 24.3 Å². The molecule has 0 atom stereocenters. The maximum absolute atomic E-state index is 12.8. The molecular weight excluding hydrogens is 390 g/mol. The first-order chi connectivity index (χ1) is 14.5. The molecule has 1 saturated heterocycles. The summed E-state index contributed by atoms with van der Waals surface area (Å²) in [5.41, 5.74) is 0.407. The van der Waals surface area contributed by atoms with E-state index in [1.807, 2.05) is 30.3 Å². The van der Waals surface area contributed by atoms with Crippen LogP contribution >= 0.6 is 0 Å². The minimum absolute atomic E-state index is 0.0853. The third-order valence-electron chi connectivity index (χ3n) is 4.62. The van der Waals surface area contributed by atoms with Crippen LogP contribution in [0.1, 0.15) is 16.1 Å². The molecule has 152 valence electrons. The zero-order valence-electron chi connectivity index (χ0n) is 15.8. The molecule has 9 heteroatoms. The summed E-state index contributed by atoms with van der Waals surface area (Å²) >= 11 is 0. The van der Waals surface area contributed by atoms with Crippen LogP contribution in [-0.4, -0.2) is 52.4 Å². The topological polar surface area (TPSA) is 108 Å². The lowest BCUT2D eigenvalue weighted by molar-refractivity contribution is -0.131. The number of carbonyl (C=O) groups excluding carboxylic acids is 3. The number of benzene rings is 2. The van der Waals surface area contributed by atoms with Crippen LogP contribution in [0.2, 0.25) is 0 Å². The molecule has 2 amide bonds. The Bertz CT molecular complexity index is 1190. The highest BCUT2D eigenvalue weighted by atomic mass is 16.6. The number of hydrogen-bond acceptors (Lipinski definition) is 7. The summed E-state index contributed by atoms with van der Waals surface area (Å²) in [6.45, 7) is -0.251. The van der Waals surface area contributed by atoms with Gasteiger partial charge in [-0.1, -0.05) is 48.5 Å². The number of cyclic esters (lactones) is 1. The summed E-state index contributed by atoms with van der Waals surface area (Å²) in [4.78, 5) is 49.9. The smallest absolute Gasteiger partial charge is 0.416 e. The fraction of sp³-hybridized carbons (Fsp3) is 0.190. The molecule has 0 bridgehead atoms. The Morgan fingerprint density at radius 3 is 2.40 bits per heavy atom. The van der Waals surface area contributed by atoms with Crippen LogP contribution in [-0.2, 0) is 20.8 Å². The van der Waals surface area contributed by atoms with Crippen molar-refractivity contribution in [3.8, 4) is 0 Å². The molecule has 0 unspecified atom stereocenters. The van der Waals surface area contributed by atoms with Gasteiger partial charge in [-0.2, -0.15) is 5.10 Å². The zero-order chi connectivity index (χ0) is 21.1. The van der Waals surface area contributed by atoms with E-state index >= 15 is 0 Å². The summed E-state index contributed by atoms with van der Waals surface area (Å²) in [5.74, 6) is -1.55. The van der Waals surface area contributed by atoms with Gasteiger partial charge in [-0.25, -0.2) is 19.2 Å². The lowest BCUT2D eigenvalue weighted by atomic mass is 10.1. The lowest BCUT2D eigenvalue weighted by Crippen LogP contribution is -2.35. The van der Waals surface area contributed by atoms with Crippen molar-refractivity contribution >= 4 is 28.7 Å². The summed E-state index contributed by atoms with van der Waals surface area (Å²) in [6, 6.07) is 15.8. The Kier molecular flexibility index (Phi) is 5.25. The number of esters is 1. The molecule has 0 aliphatic carbocycles. The van der Waals surface area contributed by atoms with E-state index in [2.05, 4.69) is 5.10 Å². The summed E-state index contributed by atoms with van der Waals surface area (Å²) in [5, 5.41) is 4.83. The van der Waals surface area contributed by atoms with Gasteiger partial charge < -0.3 is 9.47 Å². The number of carbonyl (C=O) groups is 3. The molecule has 9 nitrogen and oxygen atoms in total. The van der Waals surface area contributed by atoms with Crippen molar-refractivity contribution in [1.82, 2.24) is 14.7 Å². The van der Waals surface area contributed by atoms with Crippen LogP contribution < -0.4 is 5.56 Å². The highest BCUT2D eigenvalue weighted by Gasteiger charge is 2.29. The highest BCUT2D eigenvalue weighted by Crippen LogP contribution is 2.15. The van der Waals surface area contributed by atoms with Crippen LogP contribution in [0.5, 0.6) is 0 Å². The van der Waals surface area contributed by atoms with Crippen LogP contribution in [0, 0.1) is 0 Å². The minimum atomic E-state index is -0.867.